The number of alkyl halides is 3. The molecule has 0 aromatic heterocycles. The van der Waals surface area contributed by atoms with Gasteiger partial charge in [0, 0.05) is 6.04 Å². The first kappa shape index (κ1) is 12.8. The fraction of sp³-hybridized carbons (Fsp3) is 1.00. The van der Waals surface area contributed by atoms with Gasteiger partial charge in [-0.25, -0.2) is 0 Å². The van der Waals surface area contributed by atoms with Crippen molar-refractivity contribution in [3.05, 3.63) is 0 Å². The summed E-state index contributed by atoms with van der Waals surface area (Å²) in [4.78, 5) is 0. The molecule has 1 unspecified atom stereocenters. The summed E-state index contributed by atoms with van der Waals surface area (Å²) in [6.45, 7) is 4.41. The number of hydrogen-bond donors (Lipinski definition) is 1. The lowest BCUT2D eigenvalue weighted by molar-refractivity contribution is -0.140. The molecule has 0 aliphatic carbocycles. The standard InChI is InChI=1S/C9H18F3N/c1-3-5-6-8(13-4-2)7-9(10,11)12/h8,13H,3-7H2,1-2H3. The van der Waals surface area contributed by atoms with Crippen LogP contribution in [0.1, 0.15) is 39.5 Å². The lowest BCUT2D eigenvalue weighted by atomic mass is 10.1. The largest absolute Gasteiger partial charge is 0.390 e. The Morgan fingerprint density at radius 3 is 2.23 bits per heavy atom. The fourth-order valence-electron chi connectivity index (χ4n) is 1.29. The van der Waals surface area contributed by atoms with E-state index in [4.69, 9.17) is 0 Å². The van der Waals surface area contributed by atoms with E-state index in [0.717, 1.165) is 12.8 Å². The second kappa shape index (κ2) is 6.24. The number of nitrogens with one attached hydrogen (secondary N) is 1. The minimum atomic E-state index is -4.04. The zero-order valence-electron chi connectivity index (χ0n) is 8.25. The van der Waals surface area contributed by atoms with E-state index in [1.807, 2.05) is 13.8 Å². The van der Waals surface area contributed by atoms with Gasteiger partial charge in [-0.3, -0.25) is 0 Å². The molecule has 1 N–H and O–H groups in total. The molecule has 0 saturated carbocycles. The Morgan fingerprint density at radius 2 is 1.85 bits per heavy atom. The van der Waals surface area contributed by atoms with E-state index in [1.54, 1.807) is 0 Å². The number of rotatable bonds is 6. The van der Waals surface area contributed by atoms with E-state index < -0.39 is 18.6 Å². The van der Waals surface area contributed by atoms with Crippen molar-refractivity contribution in [3.8, 4) is 0 Å². The Bertz CT molecular complexity index is 123. The van der Waals surface area contributed by atoms with Crippen LogP contribution in [0.5, 0.6) is 0 Å². The highest BCUT2D eigenvalue weighted by Gasteiger charge is 2.30. The molecule has 0 aliphatic heterocycles. The molecular weight excluding hydrogens is 179 g/mol. The number of halogens is 3. The van der Waals surface area contributed by atoms with Crippen molar-refractivity contribution in [3.63, 3.8) is 0 Å². The van der Waals surface area contributed by atoms with Gasteiger partial charge in [0.2, 0.25) is 0 Å². The minimum Gasteiger partial charge on any atom is -0.314 e. The summed E-state index contributed by atoms with van der Waals surface area (Å²) in [6.07, 6.45) is -2.33. The predicted molar refractivity (Wildman–Crippen MR) is 47.7 cm³/mol. The molecule has 13 heavy (non-hydrogen) atoms. The van der Waals surface area contributed by atoms with Crippen LogP contribution in [0.4, 0.5) is 13.2 Å². The Hall–Kier alpha value is -0.250. The van der Waals surface area contributed by atoms with Gasteiger partial charge in [-0.15, -0.1) is 0 Å². The summed E-state index contributed by atoms with van der Waals surface area (Å²) in [5.41, 5.74) is 0. The lowest BCUT2D eigenvalue weighted by Crippen LogP contribution is -2.33. The molecule has 0 rings (SSSR count). The molecule has 0 aromatic carbocycles. The molecule has 0 radical (unpaired) electrons. The molecule has 4 heteroatoms. The first-order valence-corrected chi connectivity index (χ1v) is 4.79. The molecule has 0 spiro atoms. The summed E-state index contributed by atoms with van der Waals surface area (Å²) in [5.74, 6) is 0. The highest BCUT2D eigenvalue weighted by atomic mass is 19.4. The van der Waals surface area contributed by atoms with E-state index in [9.17, 15) is 13.2 Å². The third kappa shape index (κ3) is 8.09. The molecule has 0 heterocycles. The van der Waals surface area contributed by atoms with Gasteiger partial charge in [0.1, 0.15) is 0 Å². The second-order valence-corrected chi connectivity index (χ2v) is 3.22. The van der Waals surface area contributed by atoms with Gasteiger partial charge in [-0.2, -0.15) is 13.2 Å². The van der Waals surface area contributed by atoms with E-state index in [1.165, 1.54) is 0 Å². The fourth-order valence-corrected chi connectivity index (χ4v) is 1.29. The molecule has 0 bridgehead atoms. The van der Waals surface area contributed by atoms with Crippen LogP contribution in [-0.4, -0.2) is 18.8 Å². The monoisotopic (exact) mass is 197 g/mol. The molecule has 1 atom stereocenters. The highest BCUT2D eigenvalue weighted by Crippen LogP contribution is 2.23. The predicted octanol–water partition coefficient (Wildman–Crippen LogP) is 3.11. The topological polar surface area (TPSA) is 12.0 Å². The van der Waals surface area contributed by atoms with Crippen LogP contribution in [0.15, 0.2) is 0 Å². The normalized spacial score (nSPS) is 14.5. The molecule has 0 aliphatic rings. The molecular formula is C9H18F3N. The van der Waals surface area contributed by atoms with Crippen molar-refractivity contribution < 1.29 is 13.2 Å². The van der Waals surface area contributed by atoms with Gasteiger partial charge >= 0.3 is 6.18 Å². The molecule has 0 fully saturated rings. The summed E-state index contributed by atoms with van der Waals surface area (Å²) in [5, 5.41) is 2.85. The van der Waals surface area contributed by atoms with E-state index >= 15 is 0 Å². The van der Waals surface area contributed by atoms with Crippen LogP contribution in [0, 0.1) is 0 Å². The van der Waals surface area contributed by atoms with E-state index in [0.29, 0.717) is 13.0 Å². The van der Waals surface area contributed by atoms with Crippen LogP contribution >= 0.6 is 0 Å². The Labute approximate surface area is 77.7 Å². The zero-order valence-corrected chi connectivity index (χ0v) is 8.25. The lowest BCUT2D eigenvalue weighted by Gasteiger charge is -2.18. The van der Waals surface area contributed by atoms with Crippen molar-refractivity contribution >= 4 is 0 Å². The Balaban J connectivity index is 3.79. The summed E-state index contributed by atoms with van der Waals surface area (Å²) >= 11 is 0. The molecule has 0 amide bonds. The molecule has 0 aromatic rings. The average molecular weight is 197 g/mol. The molecule has 1 nitrogen and oxygen atoms in total. The summed E-state index contributed by atoms with van der Waals surface area (Å²) < 4.78 is 36.0. The SMILES string of the molecule is CCCCC(CC(F)(F)F)NCC. The van der Waals surface area contributed by atoms with Crippen molar-refractivity contribution in [1.82, 2.24) is 5.32 Å². The first-order chi connectivity index (χ1) is 5.99. The first-order valence-electron chi connectivity index (χ1n) is 4.79. The number of hydrogen-bond acceptors (Lipinski definition) is 1. The Kier molecular flexibility index (Phi) is 6.12. The van der Waals surface area contributed by atoms with Crippen LogP contribution < -0.4 is 5.32 Å². The third-order valence-corrected chi connectivity index (χ3v) is 1.88. The van der Waals surface area contributed by atoms with Crippen LogP contribution in [0.3, 0.4) is 0 Å². The maximum Gasteiger partial charge on any atom is 0.390 e. The van der Waals surface area contributed by atoms with Gasteiger partial charge in [-0.1, -0.05) is 26.7 Å². The summed E-state index contributed by atoms with van der Waals surface area (Å²) in [6, 6.07) is -0.398. The highest BCUT2D eigenvalue weighted by molar-refractivity contribution is 4.69. The van der Waals surface area contributed by atoms with Crippen molar-refractivity contribution in [2.75, 3.05) is 6.54 Å². The van der Waals surface area contributed by atoms with Crippen LogP contribution in [0.25, 0.3) is 0 Å². The van der Waals surface area contributed by atoms with Gasteiger partial charge in [0.25, 0.3) is 0 Å². The van der Waals surface area contributed by atoms with Crippen molar-refractivity contribution in [1.29, 1.82) is 0 Å². The van der Waals surface area contributed by atoms with Crippen molar-refractivity contribution in [2.24, 2.45) is 0 Å². The molecule has 80 valence electrons. The maximum absolute atomic E-state index is 12.0. The van der Waals surface area contributed by atoms with Gasteiger partial charge in [0.15, 0.2) is 0 Å². The summed E-state index contributed by atoms with van der Waals surface area (Å²) in [7, 11) is 0. The van der Waals surface area contributed by atoms with Crippen molar-refractivity contribution in [2.45, 2.75) is 51.7 Å². The smallest absolute Gasteiger partial charge is 0.314 e. The average Bonchev–Trinajstić information content (AvgIpc) is 1.98. The van der Waals surface area contributed by atoms with Crippen LogP contribution in [-0.2, 0) is 0 Å². The third-order valence-electron chi connectivity index (χ3n) is 1.88. The number of unbranched alkanes of at least 4 members (excludes halogenated alkanes) is 1. The minimum absolute atomic E-state index is 0.398. The molecule has 0 saturated heterocycles. The zero-order chi connectivity index (χ0) is 10.3. The van der Waals surface area contributed by atoms with Gasteiger partial charge in [-0.05, 0) is 13.0 Å². The van der Waals surface area contributed by atoms with Gasteiger partial charge in [0.05, 0.1) is 6.42 Å². The maximum atomic E-state index is 12.0. The Morgan fingerprint density at radius 1 is 1.23 bits per heavy atom. The van der Waals surface area contributed by atoms with E-state index in [2.05, 4.69) is 5.32 Å². The van der Waals surface area contributed by atoms with E-state index in [-0.39, 0.29) is 0 Å². The quantitative estimate of drug-likeness (QED) is 0.690. The second-order valence-electron chi connectivity index (χ2n) is 3.22. The van der Waals surface area contributed by atoms with Crippen LogP contribution in [0.2, 0.25) is 0 Å². The van der Waals surface area contributed by atoms with Gasteiger partial charge < -0.3 is 5.32 Å².